The van der Waals surface area contributed by atoms with Crippen LogP contribution in [0.4, 0.5) is 5.69 Å². The number of carbonyl (C=O) groups excluding carboxylic acids is 2. The van der Waals surface area contributed by atoms with Gasteiger partial charge in [0.05, 0.1) is 0 Å². The van der Waals surface area contributed by atoms with Crippen molar-refractivity contribution in [1.82, 2.24) is 0 Å². The van der Waals surface area contributed by atoms with E-state index in [0.29, 0.717) is 17.1 Å². The second kappa shape index (κ2) is 55.9. The number of amides is 1. The van der Waals surface area contributed by atoms with Crippen molar-refractivity contribution in [3.63, 3.8) is 0 Å². The quantitative estimate of drug-likeness (QED) is 0.145. The Kier molecular flexibility index (Phi) is 70.5. The van der Waals surface area contributed by atoms with Gasteiger partial charge in [-0.15, -0.1) is 6.58 Å². The van der Waals surface area contributed by atoms with E-state index in [2.05, 4.69) is 38.9 Å². The first-order valence-electron chi connectivity index (χ1n) is 16.5. The Hall–Kier alpha value is -3.98. The average molecular weight is 622 g/mol. The molecule has 0 unspecified atom stereocenters. The Labute approximate surface area is 281 Å². The number of allylic oxidation sites excluding steroid dienone is 7. The Morgan fingerprint density at radius 1 is 0.711 bits per heavy atom. The van der Waals surface area contributed by atoms with E-state index in [4.69, 9.17) is 0 Å². The van der Waals surface area contributed by atoms with Crippen LogP contribution in [0.5, 0.6) is 0 Å². The largest absolute Gasteiger partial charge is 0.322 e. The van der Waals surface area contributed by atoms with E-state index in [0.717, 1.165) is 12.0 Å². The molecular weight excluding hydrogens is 550 g/mol. The third-order valence-electron chi connectivity index (χ3n) is 4.10. The molecule has 0 saturated carbocycles. The van der Waals surface area contributed by atoms with Crippen LogP contribution in [-0.4, -0.2) is 12.2 Å². The highest BCUT2D eigenvalue weighted by molar-refractivity contribution is 6.05. The number of benzene rings is 2. The molecule has 0 fully saturated rings. The molecule has 0 aliphatic carbocycles. The van der Waals surface area contributed by atoms with E-state index in [9.17, 15) is 9.59 Å². The van der Waals surface area contributed by atoms with Crippen LogP contribution in [0, 0.1) is 0 Å². The topological polar surface area (TPSA) is 46.2 Å². The van der Waals surface area contributed by atoms with Crippen LogP contribution >= 0.6 is 0 Å². The fraction of sp³-hybridized carbons (Fsp3) is 0.381. The highest BCUT2D eigenvalue weighted by Gasteiger charge is 2.06. The molecule has 3 nitrogen and oxygen atoms in total. The van der Waals surface area contributed by atoms with Gasteiger partial charge in [0.15, 0.2) is 0 Å². The predicted octanol–water partition coefficient (Wildman–Crippen LogP) is 13.8. The maximum Gasteiger partial charge on any atom is 0.255 e. The maximum absolute atomic E-state index is 11.9. The van der Waals surface area contributed by atoms with Gasteiger partial charge in [-0.1, -0.05) is 187 Å². The van der Waals surface area contributed by atoms with Crippen molar-refractivity contribution in [3.8, 4) is 0 Å². The number of nitrogens with one attached hydrogen (secondary N) is 1. The molecule has 3 heteroatoms. The minimum atomic E-state index is -0.0760. The fourth-order valence-corrected chi connectivity index (χ4v) is 2.31. The van der Waals surface area contributed by atoms with Crippen molar-refractivity contribution >= 4 is 17.9 Å². The summed E-state index contributed by atoms with van der Waals surface area (Å²) in [6.07, 6.45) is 12.6. The normalized spacial score (nSPS) is 8.71. The number of anilines is 1. The molecule has 0 radical (unpaired) electrons. The summed E-state index contributed by atoms with van der Waals surface area (Å²) >= 11 is 0. The van der Waals surface area contributed by atoms with E-state index in [1.54, 1.807) is 30.4 Å². The lowest BCUT2D eigenvalue weighted by Crippen LogP contribution is -2.13. The summed E-state index contributed by atoms with van der Waals surface area (Å²) in [5, 5.41) is 2.89. The van der Waals surface area contributed by atoms with Crippen molar-refractivity contribution in [3.05, 3.63) is 140 Å². The van der Waals surface area contributed by atoms with Gasteiger partial charge in [-0.2, -0.15) is 0 Å². The summed E-state index contributed by atoms with van der Waals surface area (Å²) in [4.78, 5) is 21.9. The van der Waals surface area contributed by atoms with Crippen LogP contribution in [0.2, 0.25) is 0 Å². The molecule has 0 aliphatic heterocycles. The van der Waals surface area contributed by atoms with Crippen molar-refractivity contribution in [2.45, 2.75) is 110 Å². The minimum Gasteiger partial charge on any atom is -0.322 e. The average Bonchev–Trinajstić information content (AvgIpc) is 3.12. The second-order valence-corrected chi connectivity index (χ2v) is 7.26. The van der Waals surface area contributed by atoms with E-state index in [-0.39, 0.29) is 5.91 Å². The van der Waals surface area contributed by atoms with Crippen LogP contribution < -0.4 is 5.32 Å². The van der Waals surface area contributed by atoms with E-state index >= 15 is 0 Å². The van der Waals surface area contributed by atoms with Crippen LogP contribution in [0.15, 0.2) is 134 Å². The lowest BCUT2D eigenvalue weighted by Gasteiger charge is -2.08. The SMILES string of the molecule is C/C=C\C(=C/C)C(=O)Nc1ccc(C(C)C)cc1.C=C/C=C(\C=C)C=O.C=CC.CC.CC.CC.CC.CC.c1ccccc1. The van der Waals surface area contributed by atoms with Gasteiger partial charge >= 0.3 is 0 Å². The van der Waals surface area contributed by atoms with E-state index in [1.165, 1.54) is 11.6 Å². The molecule has 0 heterocycles. The zero-order chi connectivity index (χ0) is 36.9. The minimum absolute atomic E-state index is 0.0760. The standard InChI is InChI=1S/C16H21NO.C7H8O.C6H6.C3H6.5C2H6/c1-5-7-13(6-2)16(18)17-15-10-8-14(9-11-15)12(3)4;1-3-5-7(4-2)6-8;1-2-4-6-5-3-1;1-3-2;5*1-2/h5-12H,1-4H3,(H,17,18);3-6H,1-2H2;1-6H;3H,1H2,2H3;5*1-2H3/b7-5-,13-6+;7-5+;;;;;;;. The molecule has 2 aromatic rings. The zero-order valence-electron chi connectivity index (χ0n) is 31.9. The van der Waals surface area contributed by atoms with Gasteiger partial charge in [-0.05, 0) is 44.4 Å². The molecule has 1 N–H and O–H groups in total. The first kappa shape index (κ1) is 56.8. The predicted molar refractivity (Wildman–Crippen MR) is 211 cm³/mol. The summed E-state index contributed by atoms with van der Waals surface area (Å²) in [5.41, 5.74) is 3.33. The smallest absolute Gasteiger partial charge is 0.255 e. The Balaban J connectivity index is -0.0000000892. The molecule has 1 amide bonds. The third kappa shape index (κ3) is 44.6. The maximum atomic E-state index is 11.9. The van der Waals surface area contributed by atoms with Crippen LogP contribution in [0.25, 0.3) is 0 Å². The Morgan fingerprint density at radius 3 is 1.31 bits per heavy atom. The van der Waals surface area contributed by atoms with Gasteiger partial charge in [-0.25, -0.2) is 0 Å². The summed E-state index contributed by atoms with van der Waals surface area (Å²) in [6.45, 7) is 40.1. The lowest BCUT2D eigenvalue weighted by atomic mass is 10.0. The van der Waals surface area contributed by atoms with Gasteiger partial charge in [-0.3, -0.25) is 9.59 Å². The monoisotopic (exact) mass is 622 g/mol. The van der Waals surface area contributed by atoms with Gasteiger partial charge in [0.2, 0.25) is 0 Å². The highest BCUT2D eigenvalue weighted by atomic mass is 16.1. The van der Waals surface area contributed by atoms with Gasteiger partial charge in [0, 0.05) is 16.8 Å². The molecule has 0 saturated heterocycles. The van der Waals surface area contributed by atoms with Crippen molar-refractivity contribution in [2.24, 2.45) is 0 Å². The molecule has 45 heavy (non-hydrogen) atoms. The first-order valence-corrected chi connectivity index (χ1v) is 16.5. The number of rotatable bonds is 7. The summed E-state index contributed by atoms with van der Waals surface area (Å²) in [7, 11) is 0. The van der Waals surface area contributed by atoms with Crippen LogP contribution in [-0.2, 0) is 9.59 Å². The summed E-state index contributed by atoms with van der Waals surface area (Å²) in [5.74, 6) is 0.428. The highest BCUT2D eigenvalue weighted by Crippen LogP contribution is 2.17. The molecule has 2 aromatic carbocycles. The van der Waals surface area contributed by atoms with Crippen molar-refractivity contribution in [1.29, 1.82) is 0 Å². The van der Waals surface area contributed by atoms with Crippen molar-refractivity contribution < 1.29 is 9.59 Å². The van der Waals surface area contributed by atoms with Gasteiger partial charge < -0.3 is 5.32 Å². The van der Waals surface area contributed by atoms with Crippen LogP contribution in [0.1, 0.15) is 115 Å². The number of carbonyl (C=O) groups is 2. The third-order valence-corrected chi connectivity index (χ3v) is 4.10. The molecule has 0 spiro atoms. The molecule has 0 aliphatic rings. The zero-order valence-corrected chi connectivity index (χ0v) is 31.9. The molecule has 256 valence electrons. The lowest BCUT2D eigenvalue weighted by molar-refractivity contribution is -0.112. The van der Waals surface area contributed by atoms with E-state index in [1.807, 2.05) is 157 Å². The second-order valence-electron chi connectivity index (χ2n) is 7.26. The number of hydrogen-bond donors (Lipinski definition) is 1. The van der Waals surface area contributed by atoms with Crippen molar-refractivity contribution in [2.75, 3.05) is 5.32 Å². The first-order chi connectivity index (χ1) is 21.8. The van der Waals surface area contributed by atoms with Gasteiger partial charge in [0.25, 0.3) is 5.91 Å². The van der Waals surface area contributed by atoms with Crippen LogP contribution in [0.3, 0.4) is 0 Å². The number of aldehydes is 1. The van der Waals surface area contributed by atoms with Gasteiger partial charge in [0.1, 0.15) is 6.29 Å². The molecular formula is C42H71NO2. The fourth-order valence-electron chi connectivity index (χ4n) is 2.31. The summed E-state index contributed by atoms with van der Waals surface area (Å²) in [6, 6.07) is 20.0. The summed E-state index contributed by atoms with van der Waals surface area (Å²) < 4.78 is 0. The molecule has 0 aromatic heterocycles. The molecule has 0 atom stereocenters. The molecule has 0 bridgehead atoms. The Bertz CT molecular complexity index is 911. The number of hydrogen-bond acceptors (Lipinski definition) is 2. The molecule has 2 rings (SSSR count). The Morgan fingerprint density at radius 2 is 1.09 bits per heavy atom. The van der Waals surface area contributed by atoms with E-state index < -0.39 is 0 Å².